The molecule has 2 unspecified atom stereocenters. The van der Waals surface area contributed by atoms with Gasteiger partial charge in [-0.25, -0.2) is 4.18 Å². The Hall–Kier alpha value is -1.27. The Labute approximate surface area is 150 Å². The SMILES string of the molecule is CCOC(=O)C(C=[P+]([O-])COS(=O)(=O)c1ccc(C)cc1)CC(C)C. The van der Waals surface area contributed by atoms with Crippen LogP contribution in [-0.2, 0) is 23.8 Å². The van der Waals surface area contributed by atoms with Gasteiger partial charge >= 0.3 is 16.1 Å². The number of hydrogen-bond acceptors (Lipinski definition) is 6. The number of rotatable bonds is 9. The molecule has 0 spiro atoms. The molecule has 0 amide bonds. The molecule has 0 aliphatic heterocycles. The van der Waals surface area contributed by atoms with Gasteiger partial charge in [0.1, 0.15) is 5.92 Å². The molecule has 0 N–H and O–H groups in total. The summed E-state index contributed by atoms with van der Waals surface area (Å²) in [5.41, 5.74) is 0.921. The number of benzene rings is 1. The van der Waals surface area contributed by atoms with Gasteiger partial charge < -0.3 is 9.63 Å². The van der Waals surface area contributed by atoms with E-state index in [4.69, 9.17) is 8.92 Å². The Morgan fingerprint density at radius 2 is 1.88 bits per heavy atom. The fourth-order valence-corrected chi connectivity index (χ4v) is 4.42. The summed E-state index contributed by atoms with van der Waals surface area (Å²) in [6.45, 7) is 7.64. The van der Waals surface area contributed by atoms with Crippen molar-refractivity contribution in [3.63, 3.8) is 0 Å². The minimum Gasteiger partial charge on any atom is -0.629 e. The highest BCUT2D eigenvalue weighted by molar-refractivity contribution is 7.87. The van der Waals surface area contributed by atoms with E-state index in [1.807, 2.05) is 20.8 Å². The van der Waals surface area contributed by atoms with E-state index in [9.17, 15) is 18.1 Å². The van der Waals surface area contributed by atoms with Crippen LogP contribution >= 0.6 is 7.77 Å². The van der Waals surface area contributed by atoms with Crippen LogP contribution in [0, 0.1) is 18.8 Å². The normalized spacial score (nSPS) is 13.8. The summed E-state index contributed by atoms with van der Waals surface area (Å²) < 4.78 is 34.0. The molecule has 140 valence electrons. The fraction of sp³-hybridized carbons (Fsp3) is 0.529. The van der Waals surface area contributed by atoms with Crippen LogP contribution in [0.15, 0.2) is 29.2 Å². The number of carbonyl (C=O) groups excluding carboxylic acids is 1. The smallest absolute Gasteiger partial charge is 0.316 e. The second kappa shape index (κ2) is 10.0. The molecule has 0 aliphatic carbocycles. The summed E-state index contributed by atoms with van der Waals surface area (Å²) in [5, 5.41) is 0. The molecular formula is C17H25O6PS. The number of ether oxygens (including phenoxy) is 1. The van der Waals surface area contributed by atoms with Gasteiger partial charge in [0.05, 0.1) is 25.1 Å². The van der Waals surface area contributed by atoms with Crippen LogP contribution in [0.5, 0.6) is 0 Å². The summed E-state index contributed by atoms with van der Waals surface area (Å²) in [7, 11) is -6.11. The first-order valence-corrected chi connectivity index (χ1v) is 11.0. The van der Waals surface area contributed by atoms with Crippen molar-refractivity contribution < 1.29 is 27.0 Å². The molecule has 25 heavy (non-hydrogen) atoms. The zero-order valence-electron chi connectivity index (χ0n) is 15.0. The maximum absolute atomic E-state index is 12.2. The van der Waals surface area contributed by atoms with Gasteiger partial charge in [-0.1, -0.05) is 31.5 Å². The molecule has 8 heteroatoms. The summed E-state index contributed by atoms with van der Waals surface area (Å²) >= 11 is 0. The Morgan fingerprint density at radius 1 is 1.28 bits per heavy atom. The highest BCUT2D eigenvalue weighted by Gasteiger charge is 2.23. The van der Waals surface area contributed by atoms with Crippen LogP contribution in [0.2, 0.25) is 0 Å². The first kappa shape index (κ1) is 21.8. The lowest BCUT2D eigenvalue weighted by molar-refractivity contribution is -0.156. The summed E-state index contributed by atoms with van der Waals surface area (Å²) in [6.07, 6.45) is -0.0236. The third kappa shape index (κ3) is 7.65. The van der Waals surface area contributed by atoms with Crippen molar-refractivity contribution in [2.24, 2.45) is 11.8 Å². The molecule has 0 saturated heterocycles. The molecular weight excluding hydrogens is 363 g/mol. The van der Waals surface area contributed by atoms with Gasteiger partial charge in [0.15, 0.2) is 0 Å². The second-order valence-electron chi connectivity index (χ2n) is 6.07. The van der Waals surface area contributed by atoms with E-state index in [2.05, 4.69) is 0 Å². The minimum atomic E-state index is -3.98. The van der Waals surface area contributed by atoms with Crippen LogP contribution in [0.4, 0.5) is 0 Å². The van der Waals surface area contributed by atoms with Gasteiger partial charge in [0.2, 0.25) is 6.35 Å². The first-order chi connectivity index (χ1) is 11.7. The van der Waals surface area contributed by atoms with Gasteiger partial charge in [-0.3, -0.25) is 4.79 Å². The van der Waals surface area contributed by atoms with Crippen molar-refractivity contribution in [2.75, 3.05) is 13.0 Å². The van der Waals surface area contributed by atoms with Crippen molar-refractivity contribution in [1.29, 1.82) is 0 Å². The van der Waals surface area contributed by atoms with Crippen LogP contribution in [0.25, 0.3) is 0 Å². The summed E-state index contributed by atoms with van der Waals surface area (Å²) in [6, 6.07) is 6.17. The second-order valence-corrected chi connectivity index (χ2v) is 9.07. The molecule has 0 aromatic heterocycles. The number of carbonyl (C=O) groups is 1. The average Bonchev–Trinajstić information content (AvgIpc) is 2.52. The van der Waals surface area contributed by atoms with E-state index in [1.54, 1.807) is 19.1 Å². The number of esters is 1. The quantitative estimate of drug-likeness (QED) is 0.366. The topological polar surface area (TPSA) is 92.7 Å². The molecule has 1 rings (SSSR count). The largest absolute Gasteiger partial charge is 0.629 e. The van der Waals surface area contributed by atoms with Gasteiger partial charge in [0, 0.05) is 0 Å². The fourth-order valence-electron chi connectivity index (χ4n) is 2.11. The average molecular weight is 388 g/mol. The van der Waals surface area contributed by atoms with Crippen molar-refractivity contribution in [1.82, 2.24) is 0 Å². The molecule has 1 aromatic carbocycles. The molecule has 1 aromatic rings. The first-order valence-electron chi connectivity index (χ1n) is 8.07. The van der Waals surface area contributed by atoms with Crippen LogP contribution in [0.1, 0.15) is 32.8 Å². The molecule has 2 atom stereocenters. The highest BCUT2D eigenvalue weighted by atomic mass is 32.2. The zero-order chi connectivity index (χ0) is 19.0. The third-order valence-corrected chi connectivity index (χ3v) is 5.83. The van der Waals surface area contributed by atoms with Gasteiger partial charge in [-0.15, -0.1) is 0 Å². The summed E-state index contributed by atoms with van der Waals surface area (Å²) in [5.74, 6) is 0.430. The minimum absolute atomic E-state index is 0.00521. The van der Waals surface area contributed by atoms with Crippen molar-refractivity contribution >= 4 is 29.7 Å². The predicted molar refractivity (Wildman–Crippen MR) is 96.9 cm³/mol. The Balaban J connectivity index is 2.80. The Morgan fingerprint density at radius 3 is 2.40 bits per heavy atom. The molecule has 6 nitrogen and oxygen atoms in total. The van der Waals surface area contributed by atoms with E-state index in [1.165, 1.54) is 17.9 Å². The van der Waals surface area contributed by atoms with Crippen LogP contribution in [0.3, 0.4) is 0 Å². The van der Waals surface area contributed by atoms with Crippen LogP contribution < -0.4 is 4.89 Å². The Bertz CT molecular complexity index is 694. The van der Waals surface area contributed by atoms with Crippen molar-refractivity contribution in [3.8, 4) is 0 Å². The van der Waals surface area contributed by atoms with Crippen molar-refractivity contribution in [3.05, 3.63) is 29.8 Å². The van der Waals surface area contributed by atoms with Crippen LogP contribution in [-0.4, -0.2) is 33.1 Å². The van der Waals surface area contributed by atoms with E-state index >= 15 is 0 Å². The molecule has 0 radical (unpaired) electrons. The predicted octanol–water partition coefficient (Wildman–Crippen LogP) is 2.44. The number of aryl methyl sites for hydroxylation is 1. The van der Waals surface area contributed by atoms with Gasteiger partial charge in [-0.2, -0.15) is 8.42 Å². The standard InChI is InChI=1S/C17H25O6PS/c1-5-22-17(18)15(10-13(2)3)11-24(19)12-23-25(20,21)16-8-6-14(4)7-9-16/h6-9,11,13,15H,5,10,12H2,1-4H3. The maximum Gasteiger partial charge on any atom is 0.316 e. The highest BCUT2D eigenvalue weighted by Crippen LogP contribution is 2.22. The molecule has 0 saturated carbocycles. The maximum atomic E-state index is 12.2. The molecule has 0 aliphatic rings. The van der Waals surface area contributed by atoms with Gasteiger partial charge in [0.25, 0.3) is 0 Å². The lowest BCUT2D eigenvalue weighted by Crippen LogP contribution is -2.22. The van der Waals surface area contributed by atoms with E-state index in [-0.39, 0.29) is 17.4 Å². The van der Waals surface area contributed by atoms with Gasteiger partial charge in [-0.05, 0) is 38.3 Å². The van der Waals surface area contributed by atoms with E-state index in [0.29, 0.717) is 6.42 Å². The number of hydrogen-bond donors (Lipinski definition) is 0. The molecule has 0 fully saturated rings. The molecule has 0 bridgehead atoms. The third-order valence-electron chi connectivity index (χ3n) is 3.31. The monoisotopic (exact) mass is 388 g/mol. The van der Waals surface area contributed by atoms with E-state index in [0.717, 1.165) is 5.56 Å². The lowest BCUT2D eigenvalue weighted by Gasteiger charge is -2.13. The molecule has 0 heterocycles. The Kier molecular flexibility index (Phi) is 8.73. The zero-order valence-corrected chi connectivity index (χ0v) is 16.7. The van der Waals surface area contributed by atoms with Crippen molar-refractivity contribution in [2.45, 2.75) is 39.0 Å². The lowest BCUT2D eigenvalue weighted by atomic mass is 9.99. The van der Waals surface area contributed by atoms with E-state index < -0.39 is 36.1 Å². The summed E-state index contributed by atoms with van der Waals surface area (Å²) in [4.78, 5) is 24.1.